The highest BCUT2D eigenvalue weighted by molar-refractivity contribution is 5.94. The van der Waals surface area contributed by atoms with Crippen LogP contribution in [0.15, 0.2) is 30.6 Å². The minimum Gasteiger partial charge on any atom is -0.393 e. The maximum absolute atomic E-state index is 11.3. The third-order valence-corrected chi connectivity index (χ3v) is 4.07. The maximum Gasteiger partial charge on any atom is 0.159 e. The number of ketones is 1. The number of aromatic nitrogens is 2. The molecule has 0 atom stereocenters. The number of hydrogen-bond donors (Lipinski definition) is 2. The van der Waals surface area contributed by atoms with Gasteiger partial charge in [0, 0.05) is 24.3 Å². The van der Waals surface area contributed by atoms with Gasteiger partial charge in [-0.25, -0.2) is 9.97 Å². The lowest BCUT2D eigenvalue weighted by Crippen LogP contribution is -2.31. The van der Waals surface area contributed by atoms with E-state index in [1.54, 1.807) is 19.1 Å². The van der Waals surface area contributed by atoms with Gasteiger partial charge in [0.05, 0.1) is 0 Å². The van der Waals surface area contributed by atoms with Gasteiger partial charge in [0.15, 0.2) is 17.4 Å². The quantitative estimate of drug-likeness (QED) is 0.844. The number of rotatable bonds is 4. The van der Waals surface area contributed by atoms with Crippen LogP contribution in [0.5, 0.6) is 0 Å². The molecule has 0 bridgehead atoms. The van der Waals surface area contributed by atoms with Gasteiger partial charge in [-0.3, -0.25) is 4.79 Å². The number of piperidine rings is 1. The number of carbonyl (C=O) groups excluding carboxylic acids is 1. The smallest absolute Gasteiger partial charge is 0.159 e. The summed E-state index contributed by atoms with van der Waals surface area (Å²) < 4.78 is 0. The molecule has 0 radical (unpaired) electrons. The zero-order valence-electron chi connectivity index (χ0n) is 13.2. The first-order valence-corrected chi connectivity index (χ1v) is 7.88. The summed E-state index contributed by atoms with van der Waals surface area (Å²) >= 11 is 0. The zero-order chi connectivity index (χ0) is 16.2. The van der Waals surface area contributed by atoms with Gasteiger partial charge in [0.25, 0.3) is 0 Å². The molecule has 3 rings (SSSR count). The van der Waals surface area contributed by atoms with Crippen molar-refractivity contribution in [2.45, 2.75) is 26.2 Å². The highest BCUT2D eigenvalue weighted by atomic mass is 16.1. The van der Waals surface area contributed by atoms with E-state index in [0.29, 0.717) is 17.1 Å². The average molecular weight is 311 g/mol. The molecule has 1 fully saturated rings. The predicted octanol–water partition coefficient (Wildman–Crippen LogP) is 3.00. The van der Waals surface area contributed by atoms with Gasteiger partial charge >= 0.3 is 0 Å². The number of nitrogens with two attached hydrogens (primary N) is 1. The molecule has 1 aliphatic heterocycles. The fourth-order valence-electron chi connectivity index (χ4n) is 2.77. The van der Waals surface area contributed by atoms with Crippen molar-refractivity contribution in [1.29, 1.82) is 0 Å². The Bertz CT molecular complexity index is 693. The Labute approximate surface area is 135 Å². The molecule has 0 aliphatic carbocycles. The molecular formula is C17H21N5O. The molecule has 0 saturated carbocycles. The van der Waals surface area contributed by atoms with Crippen molar-refractivity contribution in [1.82, 2.24) is 9.97 Å². The van der Waals surface area contributed by atoms with E-state index < -0.39 is 0 Å². The first-order chi connectivity index (χ1) is 11.1. The van der Waals surface area contributed by atoms with Gasteiger partial charge in [0.1, 0.15) is 12.0 Å². The van der Waals surface area contributed by atoms with E-state index in [0.717, 1.165) is 24.6 Å². The normalized spacial score (nSPS) is 14.6. The van der Waals surface area contributed by atoms with Crippen molar-refractivity contribution < 1.29 is 4.79 Å². The van der Waals surface area contributed by atoms with Crippen LogP contribution in [0.4, 0.5) is 23.0 Å². The van der Waals surface area contributed by atoms with E-state index in [2.05, 4.69) is 20.2 Å². The molecule has 120 valence electrons. The Kier molecular flexibility index (Phi) is 4.41. The first-order valence-electron chi connectivity index (χ1n) is 7.88. The highest BCUT2D eigenvalue weighted by Crippen LogP contribution is 2.30. The zero-order valence-corrected chi connectivity index (χ0v) is 13.2. The summed E-state index contributed by atoms with van der Waals surface area (Å²) in [6.45, 7) is 3.51. The van der Waals surface area contributed by atoms with Crippen LogP contribution in [0.3, 0.4) is 0 Å². The topological polar surface area (TPSA) is 84.1 Å². The molecule has 0 amide bonds. The molecule has 23 heavy (non-hydrogen) atoms. The maximum atomic E-state index is 11.3. The van der Waals surface area contributed by atoms with Crippen LogP contribution in [0, 0.1) is 0 Å². The minimum absolute atomic E-state index is 0.0467. The van der Waals surface area contributed by atoms with Crippen LogP contribution in [0.25, 0.3) is 0 Å². The van der Waals surface area contributed by atoms with Gasteiger partial charge < -0.3 is 16.0 Å². The van der Waals surface area contributed by atoms with Crippen LogP contribution in [-0.4, -0.2) is 28.8 Å². The number of nitrogen functional groups attached to an aromatic ring is 1. The van der Waals surface area contributed by atoms with Crippen molar-refractivity contribution in [3.63, 3.8) is 0 Å². The third kappa shape index (κ3) is 3.41. The summed E-state index contributed by atoms with van der Waals surface area (Å²) in [7, 11) is 0. The number of carbonyl (C=O) groups is 1. The van der Waals surface area contributed by atoms with E-state index in [9.17, 15) is 4.79 Å². The monoisotopic (exact) mass is 311 g/mol. The largest absolute Gasteiger partial charge is 0.393 e. The first kappa shape index (κ1) is 15.3. The van der Waals surface area contributed by atoms with Crippen molar-refractivity contribution in [2.24, 2.45) is 0 Å². The fourth-order valence-corrected chi connectivity index (χ4v) is 2.77. The standard InChI is InChI=1S/C17H21N5O/c1-12(23)13-5-7-14(8-6-13)21-16-15(18)17(20-11-19-16)22-9-3-2-4-10-22/h5-8,11H,2-4,9-10,18H2,1H3,(H,19,20,21). The molecule has 2 aromatic rings. The van der Waals surface area contributed by atoms with Crippen molar-refractivity contribution in [3.05, 3.63) is 36.2 Å². The molecule has 6 nitrogen and oxygen atoms in total. The molecule has 1 aliphatic rings. The molecule has 6 heteroatoms. The number of benzene rings is 1. The third-order valence-electron chi connectivity index (χ3n) is 4.07. The summed E-state index contributed by atoms with van der Waals surface area (Å²) in [5.41, 5.74) is 8.34. The lowest BCUT2D eigenvalue weighted by molar-refractivity contribution is 0.101. The van der Waals surface area contributed by atoms with E-state index >= 15 is 0 Å². The molecule has 1 saturated heterocycles. The Morgan fingerprint density at radius 2 is 1.83 bits per heavy atom. The molecule has 0 unspecified atom stereocenters. The summed E-state index contributed by atoms with van der Waals surface area (Å²) in [5.74, 6) is 1.43. The Balaban J connectivity index is 1.81. The second-order valence-electron chi connectivity index (χ2n) is 5.77. The van der Waals surface area contributed by atoms with Gasteiger partial charge in [-0.05, 0) is 50.5 Å². The van der Waals surface area contributed by atoms with Gasteiger partial charge in [0.2, 0.25) is 0 Å². The second kappa shape index (κ2) is 6.64. The van der Waals surface area contributed by atoms with Crippen LogP contribution in [-0.2, 0) is 0 Å². The number of nitrogens with zero attached hydrogens (tertiary/aromatic N) is 3. The lowest BCUT2D eigenvalue weighted by atomic mass is 10.1. The van der Waals surface area contributed by atoms with E-state index in [4.69, 9.17) is 5.73 Å². The van der Waals surface area contributed by atoms with Crippen molar-refractivity contribution >= 4 is 28.8 Å². The Morgan fingerprint density at radius 1 is 1.13 bits per heavy atom. The molecule has 3 N–H and O–H groups in total. The lowest BCUT2D eigenvalue weighted by Gasteiger charge is -2.28. The molecule has 0 spiro atoms. The minimum atomic E-state index is 0.0467. The predicted molar refractivity (Wildman–Crippen MR) is 92.2 cm³/mol. The average Bonchev–Trinajstić information content (AvgIpc) is 2.58. The molecular weight excluding hydrogens is 290 g/mol. The van der Waals surface area contributed by atoms with E-state index in [1.165, 1.54) is 25.6 Å². The van der Waals surface area contributed by atoms with Crippen molar-refractivity contribution in [3.8, 4) is 0 Å². The number of hydrogen-bond acceptors (Lipinski definition) is 6. The van der Waals surface area contributed by atoms with Crippen LogP contribution < -0.4 is 16.0 Å². The fraction of sp³-hybridized carbons (Fsp3) is 0.353. The Hall–Kier alpha value is -2.63. The number of anilines is 4. The number of nitrogens with one attached hydrogen (secondary N) is 1. The summed E-state index contributed by atoms with van der Waals surface area (Å²) in [6, 6.07) is 7.26. The molecule has 2 heterocycles. The summed E-state index contributed by atoms with van der Waals surface area (Å²) in [5, 5.41) is 3.20. The van der Waals surface area contributed by atoms with Crippen LogP contribution >= 0.6 is 0 Å². The molecule has 1 aromatic heterocycles. The number of Topliss-reactive ketones (excluding diaryl/α,β-unsaturated/α-hetero) is 1. The highest BCUT2D eigenvalue weighted by Gasteiger charge is 2.17. The SMILES string of the molecule is CC(=O)c1ccc(Nc2ncnc(N3CCCCC3)c2N)cc1. The van der Waals surface area contributed by atoms with Gasteiger partial charge in [-0.2, -0.15) is 0 Å². The second-order valence-corrected chi connectivity index (χ2v) is 5.77. The van der Waals surface area contributed by atoms with E-state index in [-0.39, 0.29) is 5.78 Å². The van der Waals surface area contributed by atoms with Crippen molar-refractivity contribution in [2.75, 3.05) is 29.0 Å². The van der Waals surface area contributed by atoms with E-state index in [1.807, 2.05) is 12.1 Å². The van der Waals surface area contributed by atoms with Crippen LogP contribution in [0.1, 0.15) is 36.5 Å². The van der Waals surface area contributed by atoms with Crippen LogP contribution in [0.2, 0.25) is 0 Å². The summed E-state index contributed by atoms with van der Waals surface area (Å²) in [6.07, 6.45) is 5.12. The summed E-state index contributed by atoms with van der Waals surface area (Å²) in [4.78, 5) is 22.1. The Morgan fingerprint density at radius 3 is 2.48 bits per heavy atom. The van der Waals surface area contributed by atoms with Gasteiger partial charge in [-0.1, -0.05) is 0 Å². The molecule has 1 aromatic carbocycles. The van der Waals surface area contributed by atoms with Gasteiger partial charge in [-0.15, -0.1) is 0 Å².